The van der Waals surface area contributed by atoms with E-state index in [0.29, 0.717) is 22.4 Å². The molecular formula is C18H19NO2S2. The highest BCUT2D eigenvalue weighted by Crippen LogP contribution is 2.34. The van der Waals surface area contributed by atoms with Gasteiger partial charge >= 0.3 is 0 Å². The molecule has 3 rings (SSSR count). The predicted molar refractivity (Wildman–Crippen MR) is 99.4 cm³/mol. The third-order valence-corrected chi connectivity index (χ3v) is 5.21. The fourth-order valence-electron chi connectivity index (χ4n) is 2.60. The van der Waals surface area contributed by atoms with Gasteiger partial charge in [-0.15, -0.1) is 0 Å². The maximum atomic E-state index is 12.5. The van der Waals surface area contributed by atoms with Crippen LogP contribution in [0.25, 0.3) is 6.08 Å². The zero-order chi connectivity index (χ0) is 16.2. The molecule has 2 aliphatic heterocycles. The van der Waals surface area contributed by atoms with Crippen molar-refractivity contribution in [2.45, 2.75) is 26.2 Å². The van der Waals surface area contributed by atoms with Crippen LogP contribution in [0.5, 0.6) is 5.75 Å². The molecule has 0 aliphatic carbocycles. The van der Waals surface area contributed by atoms with Crippen molar-refractivity contribution in [3.63, 3.8) is 0 Å². The molecule has 1 fully saturated rings. The summed E-state index contributed by atoms with van der Waals surface area (Å²) in [6.07, 6.45) is 7.23. The summed E-state index contributed by atoms with van der Waals surface area (Å²) in [7, 11) is 0. The molecule has 2 heterocycles. The van der Waals surface area contributed by atoms with Gasteiger partial charge in [0.05, 0.1) is 4.91 Å². The Morgan fingerprint density at radius 2 is 2.17 bits per heavy atom. The molecule has 3 nitrogen and oxygen atoms in total. The first-order valence-electron chi connectivity index (χ1n) is 7.87. The molecule has 120 valence electrons. The average molecular weight is 345 g/mol. The third kappa shape index (κ3) is 3.67. The van der Waals surface area contributed by atoms with Crippen molar-refractivity contribution in [3.8, 4) is 5.75 Å². The van der Waals surface area contributed by atoms with Crippen LogP contribution in [0.2, 0.25) is 0 Å². The van der Waals surface area contributed by atoms with Gasteiger partial charge in [0.1, 0.15) is 16.7 Å². The van der Waals surface area contributed by atoms with Crippen LogP contribution in [-0.4, -0.2) is 28.3 Å². The second-order valence-corrected chi connectivity index (χ2v) is 7.26. The van der Waals surface area contributed by atoms with E-state index in [2.05, 4.69) is 13.0 Å². The largest absolute Gasteiger partial charge is 0.488 e. The van der Waals surface area contributed by atoms with E-state index < -0.39 is 0 Å². The standard InChI is InChI=1S/C18H19NO2S2/c1-2-3-6-9-19-17(20)16(23-18(19)22)11-13-10-14-7-4-5-8-15(14)21-12-13/h4-5,7-8,10-11H,2-3,6,9,12H2,1H3/b16-11-. The van der Waals surface area contributed by atoms with Gasteiger partial charge in [0, 0.05) is 12.1 Å². The molecule has 0 radical (unpaired) electrons. The maximum Gasteiger partial charge on any atom is 0.266 e. The van der Waals surface area contributed by atoms with Gasteiger partial charge < -0.3 is 4.74 Å². The van der Waals surface area contributed by atoms with Gasteiger partial charge in [-0.1, -0.05) is 61.9 Å². The van der Waals surface area contributed by atoms with Crippen LogP contribution >= 0.6 is 24.0 Å². The van der Waals surface area contributed by atoms with Crippen LogP contribution in [0.4, 0.5) is 0 Å². The molecule has 1 saturated heterocycles. The van der Waals surface area contributed by atoms with Crippen LogP contribution in [-0.2, 0) is 4.79 Å². The van der Waals surface area contributed by atoms with Gasteiger partial charge in [0.15, 0.2) is 0 Å². The van der Waals surface area contributed by atoms with Gasteiger partial charge in [0.25, 0.3) is 5.91 Å². The van der Waals surface area contributed by atoms with Gasteiger partial charge in [-0.05, 0) is 30.2 Å². The molecule has 1 aromatic carbocycles. The van der Waals surface area contributed by atoms with Crippen molar-refractivity contribution >= 4 is 40.3 Å². The molecule has 23 heavy (non-hydrogen) atoms. The summed E-state index contributed by atoms with van der Waals surface area (Å²) in [6, 6.07) is 7.90. The Labute approximate surface area is 146 Å². The van der Waals surface area contributed by atoms with E-state index in [9.17, 15) is 4.79 Å². The minimum absolute atomic E-state index is 0.0239. The Bertz CT molecular complexity index is 694. The molecule has 0 aromatic heterocycles. The molecule has 0 N–H and O–H groups in total. The normalized spacial score (nSPS) is 18.9. The summed E-state index contributed by atoms with van der Waals surface area (Å²) in [5, 5.41) is 0. The highest BCUT2D eigenvalue weighted by Gasteiger charge is 2.31. The summed E-state index contributed by atoms with van der Waals surface area (Å²) in [4.78, 5) is 14.9. The fraction of sp³-hybridized carbons (Fsp3) is 0.333. The molecule has 0 saturated carbocycles. The number of benzene rings is 1. The van der Waals surface area contributed by atoms with E-state index >= 15 is 0 Å². The highest BCUT2D eigenvalue weighted by molar-refractivity contribution is 8.26. The number of thiocarbonyl (C=S) groups is 1. The van der Waals surface area contributed by atoms with Crippen LogP contribution in [0.1, 0.15) is 31.7 Å². The van der Waals surface area contributed by atoms with E-state index in [1.807, 2.05) is 30.3 Å². The Morgan fingerprint density at radius 3 is 3.00 bits per heavy atom. The van der Waals surface area contributed by atoms with Crippen LogP contribution in [0.3, 0.4) is 0 Å². The van der Waals surface area contributed by atoms with E-state index in [1.165, 1.54) is 11.8 Å². The lowest BCUT2D eigenvalue weighted by atomic mass is 10.1. The van der Waals surface area contributed by atoms with Crippen LogP contribution in [0, 0.1) is 0 Å². The van der Waals surface area contributed by atoms with E-state index in [1.54, 1.807) is 4.90 Å². The summed E-state index contributed by atoms with van der Waals surface area (Å²) in [5.74, 6) is 0.910. The maximum absolute atomic E-state index is 12.5. The van der Waals surface area contributed by atoms with Gasteiger partial charge in [-0.3, -0.25) is 9.69 Å². The van der Waals surface area contributed by atoms with Crippen molar-refractivity contribution < 1.29 is 9.53 Å². The zero-order valence-corrected chi connectivity index (χ0v) is 14.7. The fourth-order valence-corrected chi connectivity index (χ4v) is 3.92. The van der Waals surface area contributed by atoms with Crippen LogP contribution in [0.15, 0.2) is 40.8 Å². The lowest BCUT2D eigenvalue weighted by Gasteiger charge is -2.16. The molecule has 2 aliphatic rings. The number of thioether (sulfide) groups is 1. The lowest BCUT2D eigenvalue weighted by molar-refractivity contribution is -0.122. The quantitative estimate of drug-likeness (QED) is 0.449. The predicted octanol–water partition coefficient (Wildman–Crippen LogP) is 4.40. The average Bonchev–Trinajstić information content (AvgIpc) is 2.82. The number of carbonyl (C=O) groups excluding carboxylic acids is 1. The number of hydrogen-bond donors (Lipinski definition) is 0. The zero-order valence-electron chi connectivity index (χ0n) is 13.1. The van der Waals surface area contributed by atoms with Crippen molar-refractivity contribution in [1.29, 1.82) is 0 Å². The minimum Gasteiger partial charge on any atom is -0.488 e. The molecule has 5 heteroatoms. The first kappa shape index (κ1) is 16.3. The number of carbonyl (C=O) groups is 1. The third-order valence-electron chi connectivity index (χ3n) is 3.83. The highest BCUT2D eigenvalue weighted by atomic mass is 32.2. The van der Waals surface area contributed by atoms with Gasteiger partial charge in [0.2, 0.25) is 0 Å². The Hall–Kier alpha value is -1.59. The Balaban J connectivity index is 1.75. The van der Waals surface area contributed by atoms with Crippen molar-refractivity contribution in [2.75, 3.05) is 13.2 Å². The van der Waals surface area contributed by atoms with Crippen LogP contribution < -0.4 is 4.74 Å². The van der Waals surface area contributed by atoms with E-state index in [-0.39, 0.29) is 5.91 Å². The van der Waals surface area contributed by atoms with Gasteiger partial charge in [-0.2, -0.15) is 0 Å². The van der Waals surface area contributed by atoms with E-state index in [0.717, 1.165) is 36.1 Å². The number of ether oxygens (including phenoxy) is 1. The number of hydrogen-bond acceptors (Lipinski definition) is 4. The molecule has 0 atom stereocenters. The summed E-state index contributed by atoms with van der Waals surface area (Å²) in [5.41, 5.74) is 2.04. The second kappa shape index (κ2) is 7.32. The number of amides is 1. The molecule has 0 spiro atoms. The van der Waals surface area contributed by atoms with Crippen molar-refractivity contribution in [2.24, 2.45) is 0 Å². The number of nitrogens with zero attached hydrogens (tertiary/aromatic N) is 1. The summed E-state index contributed by atoms with van der Waals surface area (Å²) < 4.78 is 6.40. The number of fused-ring (bicyclic) bond motifs is 1. The van der Waals surface area contributed by atoms with E-state index in [4.69, 9.17) is 17.0 Å². The summed E-state index contributed by atoms with van der Waals surface area (Å²) in [6.45, 7) is 3.35. The molecule has 1 amide bonds. The first-order chi connectivity index (χ1) is 11.2. The number of para-hydroxylation sites is 1. The summed E-state index contributed by atoms with van der Waals surface area (Å²) >= 11 is 6.74. The van der Waals surface area contributed by atoms with Crippen molar-refractivity contribution in [1.82, 2.24) is 4.90 Å². The number of rotatable bonds is 5. The molecule has 0 bridgehead atoms. The Morgan fingerprint density at radius 1 is 1.35 bits per heavy atom. The van der Waals surface area contributed by atoms with Gasteiger partial charge in [-0.25, -0.2) is 0 Å². The molecule has 1 aromatic rings. The monoisotopic (exact) mass is 345 g/mol. The topological polar surface area (TPSA) is 29.5 Å². The Kier molecular flexibility index (Phi) is 5.18. The van der Waals surface area contributed by atoms with Crippen molar-refractivity contribution in [3.05, 3.63) is 46.4 Å². The minimum atomic E-state index is 0.0239. The smallest absolute Gasteiger partial charge is 0.266 e. The SMILES string of the molecule is CCCCCN1C(=O)/C(=C/C2=Cc3ccccc3OC2)SC1=S. The molecule has 0 unspecified atom stereocenters. The number of unbranched alkanes of at least 4 members (excludes halogenated alkanes) is 2. The molecular weight excluding hydrogens is 326 g/mol. The lowest BCUT2D eigenvalue weighted by Crippen LogP contribution is -2.29. The second-order valence-electron chi connectivity index (χ2n) is 5.59. The first-order valence-corrected chi connectivity index (χ1v) is 9.09.